The monoisotopic (exact) mass is 396 g/mol. The van der Waals surface area contributed by atoms with Crippen molar-refractivity contribution in [3.8, 4) is 11.8 Å². The molecule has 4 rings (SSSR count). The van der Waals surface area contributed by atoms with Crippen LogP contribution in [-0.2, 0) is 4.74 Å². The second-order valence-corrected chi connectivity index (χ2v) is 8.57. The zero-order valence-corrected chi connectivity index (χ0v) is 16.6. The highest BCUT2D eigenvalue weighted by atomic mass is 32.1. The zero-order chi connectivity index (χ0) is 19.3. The van der Waals surface area contributed by atoms with Crippen LogP contribution in [0.5, 0.6) is 5.75 Å². The summed E-state index contributed by atoms with van der Waals surface area (Å²) in [6.07, 6.45) is 0. The number of carbonyl (C=O) groups excluding carboxylic acids is 1. The Bertz CT molecular complexity index is 1160. The number of esters is 1. The highest BCUT2D eigenvalue weighted by molar-refractivity contribution is 7.19. The van der Waals surface area contributed by atoms with Gasteiger partial charge in [-0.3, -0.25) is 0 Å². The lowest BCUT2D eigenvalue weighted by atomic mass is 9.91. The van der Waals surface area contributed by atoms with Gasteiger partial charge < -0.3 is 15.2 Å². The van der Waals surface area contributed by atoms with Crippen molar-refractivity contribution in [3.63, 3.8) is 0 Å². The first-order valence-electron chi connectivity index (χ1n) is 8.25. The molecule has 0 saturated heterocycles. The van der Waals surface area contributed by atoms with E-state index >= 15 is 0 Å². The van der Waals surface area contributed by atoms with Gasteiger partial charge in [0.1, 0.15) is 17.2 Å². The molecule has 27 heavy (non-hydrogen) atoms. The normalized spacial score (nSPS) is 16.0. The molecule has 0 radical (unpaired) electrons. The minimum atomic E-state index is -0.468. The molecular weight excluding hydrogens is 380 g/mol. The van der Waals surface area contributed by atoms with Crippen LogP contribution in [0.4, 0.5) is 0 Å². The first-order valence-corrected chi connectivity index (χ1v) is 9.88. The molecule has 0 bridgehead atoms. The average molecular weight is 396 g/mol. The van der Waals surface area contributed by atoms with Gasteiger partial charge in [-0.25, -0.2) is 4.79 Å². The van der Waals surface area contributed by atoms with Crippen LogP contribution >= 0.6 is 22.7 Å². The van der Waals surface area contributed by atoms with E-state index < -0.39 is 5.97 Å². The Morgan fingerprint density at radius 1 is 1.26 bits per heavy atom. The number of nitrogens with zero attached hydrogens (tertiary/aromatic N) is 1. The second-order valence-electron chi connectivity index (χ2n) is 6.23. The van der Waals surface area contributed by atoms with Gasteiger partial charge in [0, 0.05) is 14.5 Å². The second kappa shape index (κ2) is 6.41. The van der Waals surface area contributed by atoms with Gasteiger partial charge in [0.2, 0.25) is 5.88 Å². The molecule has 1 unspecified atom stereocenters. The minimum Gasteiger partial charge on any atom is -0.465 e. The van der Waals surface area contributed by atoms with Gasteiger partial charge in [-0.2, -0.15) is 5.26 Å². The van der Waals surface area contributed by atoms with E-state index in [0.29, 0.717) is 16.9 Å². The number of nitrogens with two attached hydrogens (primary N) is 1. The van der Waals surface area contributed by atoms with Crippen molar-refractivity contribution in [2.45, 2.75) is 19.8 Å². The number of ether oxygens (including phenoxy) is 2. The number of allylic oxidation sites excluding steroid dienone is 1. The average Bonchev–Trinajstić information content (AvgIpc) is 3.16. The molecular formula is C20H16N2O3S2. The Labute approximate surface area is 164 Å². The summed E-state index contributed by atoms with van der Waals surface area (Å²) >= 11 is 3.08. The lowest BCUT2D eigenvalue weighted by Gasteiger charge is -2.23. The fraction of sp³-hybridized carbons (Fsp3) is 0.200. The molecule has 0 fully saturated rings. The van der Waals surface area contributed by atoms with Crippen molar-refractivity contribution in [3.05, 3.63) is 61.5 Å². The number of hydrogen-bond acceptors (Lipinski definition) is 7. The SMILES string of the molecule is COC(=O)c1c(C)sc2c1OC(N)=C(C#N)C2c1sc2ccccc2c1C. The third kappa shape index (κ3) is 2.52. The number of thiophene rings is 2. The van der Waals surface area contributed by atoms with E-state index in [0.717, 1.165) is 30.3 Å². The summed E-state index contributed by atoms with van der Waals surface area (Å²) in [5.74, 6) is -0.374. The topological polar surface area (TPSA) is 85.3 Å². The lowest BCUT2D eigenvalue weighted by molar-refractivity contribution is 0.0597. The number of nitriles is 1. The van der Waals surface area contributed by atoms with Crippen LogP contribution in [0.25, 0.3) is 10.1 Å². The molecule has 2 aromatic heterocycles. The molecule has 7 heteroatoms. The molecule has 2 N–H and O–H groups in total. The van der Waals surface area contributed by atoms with Gasteiger partial charge >= 0.3 is 5.97 Å². The highest BCUT2D eigenvalue weighted by Crippen LogP contribution is 2.52. The molecule has 5 nitrogen and oxygen atoms in total. The van der Waals surface area contributed by atoms with E-state index in [1.54, 1.807) is 11.3 Å². The molecule has 3 heterocycles. The third-order valence-corrected chi connectivity index (χ3v) is 7.24. The maximum absolute atomic E-state index is 12.3. The molecule has 0 spiro atoms. The van der Waals surface area contributed by atoms with Crippen LogP contribution < -0.4 is 10.5 Å². The van der Waals surface area contributed by atoms with E-state index in [2.05, 4.69) is 25.1 Å². The van der Waals surface area contributed by atoms with Crippen LogP contribution in [0.1, 0.15) is 36.5 Å². The first kappa shape index (κ1) is 17.6. The number of hydrogen-bond donors (Lipinski definition) is 1. The molecule has 136 valence electrons. The predicted molar refractivity (Wildman–Crippen MR) is 106 cm³/mol. The van der Waals surface area contributed by atoms with Crippen LogP contribution in [-0.4, -0.2) is 13.1 Å². The standard InChI is InChI=1S/C20H16N2O3S2/c1-9-11-6-4-5-7-13(11)27-17(9)15-12(8-21)19(22)25-16-14(20(23)24-3)10(2)26-18(15)16/h4-7,15H,22H2,1-3H3. The van der Waals surface area contributed by atoms with E-state index in [1.165, 1.54) is 18.4 Å². The molecule has 3 aromatic rings. The summed E-state index contributed by atoms with van der Waals surface area (Å²) < 4.78 is 11.8. The van der Waals surface area contributed by atoms with Crippen molar-refractivity contribution >= 4 is 38.7 Å². The van der Waals surface area contributed by atoms with Gasteiger partial charge in [-0.1, -0.05) is 18.2 Å². The smallest absolute Gasteiger partial charge is 0.342 e. The maximum Gasteiger partial charge on any atom is 0.342 e. The van der Waals surface area contributed by atoms with Crippen LogP contribution in [0.3, 0.4) is 0 Å². The van der Waals surface area contributed by atoms with Gasteiger partial charge in [-0.05, 0) is 30.9 Å². The number of benzene rings is 1. The lowest BCUT2D eigenvalue weighted by Crippen LogP contribution is -2.21. The van der Waals surface area contributed by atoms with E-state index in [9.17, 15) is 10.1 Å². The molecule has 1 atom stereocenters. The van der Waals surface area contributed by atoms with Crippen LogP contribution in [0, 0.1) is 25.2 Å². The van der Waals surface area contributed by atoms with E-state index in [1.807, 2.05) is 19.1 Å². The Balaban J connectivity index is 2.01. The van der Waals surface area contributed by atoms with Crippen molar-refractivity contribution in [1.29, 1.82) is 5.26 Å². The van der Waals surface area contributed by atoms with Gasteiger partial charge in [-0.15, -0.1) is 22.7 Å². The quantitative estimate of drug-likeness (QED) is 0.641. The van der Waals surface area contributed by atoms with Crippen molar-refractivity contribution in [2.75, 3.05) is 7.11 Å². The Hall–Kier alpha value is -2.82. The molecule has 1 aliphatic rings. The summed E-state index contributed by atoms with van der Waals surface area (Å²) in [6.45, 7) is 3.89. The summed E-state index contributed by atoms with van der Waals surface area (Å²) in [5.41, 5.74) is 7.95. The summed E-state index contributed by atoms with van der Waals surface area (Å²) in [7, 11) is 1.34. The largest absolute Gasteiger partial charge is 0.465 e. The summed E-state index contributed by atoms with van der Waals surface area (Å²) in [6, 6.07) is 10.4. The third-order valence-electron chi connectivity index (χ3n) is 4.75. The van der Waals surface area contributed by atoms with Crippen molar-refractivity contribution < 1.29 is 14.3 Å². The first-order chi connectivity index (χ1) is 13.0. The van der Waals surface area contributed by atoms with Gasteiger partial charge in [0.15, 0.2) is 5.75 Å². The molecule has 0 amide bonds. The molecule has 1 aromatic carbocycles. The van der Waals surface area contributed by atoms with Crippen molar-refractivity contribution in [2.24, 2.45) is 5.73 Å². The number of fused-ring (bicyclic) bond motifs is 2. The molecule has 0 saturated carbocycles. The Morgan fingerprint density at radius 2 is 2.00 bits per heavy atom. The van der Waals surface area contributed by atoms with Gasteiger partial charge in [0.05, 0.1) is 17.9 Å². The molecule has 1 aliphatic heterocycles. The minimum absolute atomic E-state index is 0.0369. The fourth-order valence-electron chi connectivity index (χ4n) is 3.45. The highest BCUT2D eigenvalue weighted by Gasteiger charge is 2.38. The Kier molecular flexibility index (Phi) is 4.17. The predicted octanol–water partition coefficient (Wildman–Crippen LogP) is 4.58. The van der Waals surface area contributed by atoms with Gasteiger partial charge in [0.25, 0.3) is 0 Å². The Morgan fingerprint density at radius 3 is 2.67 bits per heavy atom. The van der Waals surface area contributed by atoms with E-state index in [4.69, 9.17) is 15.2 Å². The summed E-state index contributed by atoms with van der Waals surface area (Å²) in [4.78, 5) is 14.9. The number of aryl methyl sites for hydroxylation is 2. The van der Waals surface area contributed by atoms with E-state index in [-0.39, 0.29) is 11.8 Å². The van der Waals surface area contributed by atoms with Crippen molar-refractivity contribution in [1.82, 2.24) is 0 Å². The fourth-order valence-corrected chi connectivity index (χ4v) is 6.06. The summed E-state index contributed by atoms with van der Waals surface area (Å²) in [5, 5.41) is 10.9. The zero-order valence-electron chi connectivity index (χ0n) is 15.0. The molecule has 0 aliphatic carbocycles. The number of methoxy groups -OCH3 is 1. The number of rotatable bonds is 2. The maximum atomic E-state index is 12.3. The van der Waals surface area contributed by atoms with Crippen LogP contribution in [0.15, 0.2) is 35.7 Å². The van der Waals surface area contributed by atoms with Crippen LogP contribution in [0.2, 0.25) is 0 Å². The number of carbonyl (C=O) groups is 1.